The van der Waals surface area contributed by atoms with E-state index in [0.717, 1.165) is 62.8 Å². The number of sulfone groups is 1. The van der Waals surface area contributed by atoms with Gasteiger partial charge in [-0.05, 0) is 30.9 Å². The summed E-state index contributed by atoms with van der Waals surface area (Å²) >= 11 is 0. The molecule has 0 saturated carbocycles. The molecule has 2 saturated heterocycles. The van der Waals surface area contributed by atoms with E-state index in [-0.39, 0.29) is 29.7 Å². The quantitative estimate of drug-likeness (QED) is 0.377. The number of ether oxygens (including phenoxy) is 1. The van der Waals surface area contributed by atoms with Crippen molar-refractivity contribution in [3.63, 3.8) is 0 Å². The fraction of sp³-hybridized carbons (Fsp3) is 0.632. The van der Waals surface area contributed by atoms with Crippen LogP contribution in [-0.2, 0) is 26.9 Å². The largest absolute Gasteiger partial charge is 0.381 e. The summed E-state index contributed by atoms with van der Waals surface area (Å²) in [5, 5.41) is 3.40. The number of aliphatic imine (C=N–C) groups is 1. The minimum atomic E-state index is -3.00. The lowest BCUT2D eigenvalue weighted by Gasteiger charge is -2.25. The third kappa shape index (κ3) is 6.32. The van der Waals surface area contributed by atoms with Crippen LogP contribution in [0.25, 0.3) is 0 Å². The summed E-state index contributed by atoms with van der Waals surface area (Å²) < 4.78 is 28.4. The van der Waals surface area contributed by atoms with E-state index in [1.165, 1.54) is 6.26 Å². The summed E-state index contributed by atoms with van der Waals surface area (Å²) in [6.07, 6.45) is 3.56. The van der Waals surface area contributed by atoms with E-state index in [1.807, 2.05) is 24.3 Å². The molecular formula is C19H30IN3O3S. The van der Waals surface area contributed by atoms with Gasteiger partial charge in [0.1, 0.15) is 0 Å². The van der Waals surface area contributed by atoms with Crippen molar-refractivity contribution in [2.45, 2.75) is 32.1 Å². The van der Waals surface area contributed by atoms with Crippen LogP contribution in [0, 0.1) is 5.41 Å². The van der Waals surface area contributed by atoms with Gasteiger partial charge in [0.2, 0.25) is 0 Å². The number of likely N-dealkylation sites (tertiary alicyclic amines) is 1. The highest BCUT2D eigenvalue weighted by Crippen LogP contribution is 2.38. The molecule has 1 N–H and O–H groups in total. The number of guanidine groups is 1. The van der Waals surface area contributed by atoms with Crippen molar-refractivity contribution in [3.05, 3.63) is 35.4 Å². The Hall–Kier alpha value is -0.870. The maximum atomic E-state index is 11.4. The predicted molar refractivity (Wildman–Crippen MR) is 119 cm³/mol. The maximum absolute atomic E-state index is 11.4. The first kappa shape index (κ1) is 22.4. The van der Waals surface area contributed by atoms with E-state index >= 15 is 0 Å². The van der Waals surface area contributed by atoms with Crippen LogP contribution in [0.2, 0.25) is 0 Å². The molecule has 3 rings (SSSR count). The SMILES string of the molecule is CCNC(=NCc1ccc(CS(C)(=O)=O)cc1)N1CCC2(CCOC2)C1.I. The molecule has 1 aromatic rings. The van der Waals surface area contributed by atoms with Crippen LogP contribution in [0.5, 0.6) is 0 Å². The van der Waals surface area contributed by atoms with Gasteiger partial charge in [0, 0.05) is 37.9 Å². The highest BCUT2D eigenvalue weighted by Gasteiger charge is 2.42. The van der Waals surface area contributed by atoms with Crippen molar-refractivity contribution >= 4 is 39.8 Å². The number of hydrogen-bond donors (Lipinski definition) is 1. The zero-order valence-corrected chi connectivity index (χ0v) is 19.3. The van der Waals surface area contributed by atoms with Crippen LogP contribution >= 0.6 is 24.0 Å². The van der Waals surface area contributed by atoms with E-state index < -0.39 is 9.84 Å². The average Bonchev–Trinajstić information content (AvgIpc) is 3.22. The molecule has 6 nitrogen and oxygen atoms in total. The topological polar surface area (TPSA) is 71.0 Å². The molecule has 1 atom stereocenters. The highest BCUT2D eigenvalue weighted by atomic mass is 127. The van der Waals surface area contributed by atoms with Crippen molar-refractivity contribution in [1.82, 2.24) is 10.2 Å². The molecule has 2 aliphatic rings. The molecule has 27 heavy (non-hydrogen) atoms. The number of rotatable bonds is 5. The molecule has 1 spiro atoms. The Morgan fingerprint density at radius 3 is 2.56 bits per heavy atom. The van der Waals surface area contributed by atoms with Gasteiger partial charge in [-0.3, -0.25) is 0 Å². The normalized spacial score (nSPS) is 22.9. The Bertz CT molecular complexity index is 744. The highest BCUT2D eigenvalue weighted by molar-refractivity contribution is 14.0. The molecule has 152 valence electrons. The van der Waals surface area contributed by atoms with Gasteiger partial charge in [-0.15, -0.1) is 24.0 Å². The van der Waals surface area contributed by atoms with Crippen LogP contribution in [0.4, 0.5) is 0 Å². The smallest absolute Gasteiger partial charge is 0.194 e. The van der Waals surface area contributed by atoms with Crippen molar-refractivity contribution in [2.75, 3.05) is 39.1 Å². The number of halogens is 1. The Balaban J connectivity index is 0.00000261. The molecule has 2 fully saturated rings. The average molecular weight is 507 g/mol. The summed E-state index contributed by atoms with van der Waals surface area (Å²) in [7, 11) is -3.00. The fourth-order valence-corrected chi connectivity index (χ4v) is 4.52. The van der Waals surface area contributed by atoms with Crippen molar-refractivity contribution in [2.24, 2.45) is 10.4 Å². The fourth-order valence-electron chi connectivity index (χ4n) is 3.72. The van der Waals surface area contributed by atoms with E-state index in [0.29, 0.717) is 12.0 Å². The molecule has 1 unspecified atom stereocenters. The molecule has 0 aromatic heterocycles. The lowest BCUT2D eigenvalue weighted by molar-refractivity contribution is 0.156. The predicted octanol–water partition coefficient (Wildman–Crippen LogP) is 2.43. The zero-order valence-electron chi connectivity index (χ0n) is 16.1. The molecule has 8 heteroatoms. The molecule has 1 aromatic carbocycles. The molecule has 0 radical (unpaired) electrons. The van der Waals surface area contributed by atoms with Crippen LogP contribution in [0.1, 0.15) is 30.9 Å². The summed E-state index contributed by atoms with van der Waals surface area (Å²) in [6, 6.07) is 7.67. The lowest BCUT2D eigenvalue weighted by Crippen LogP contribution is -2.41. The van der Waals surface area contributed by atoms with Gasteiger partial charge < -0.3 is 15.0 Å². The summed E-state index contributed by atoms with van der Waals surface area (Å²) in [6.45, 7) is 7.27. The molecular weight excluding hydrogens is 477 g/mol. The zero-order chi connectivity index (χ0) is 18.6. The van der Waals surface area contributed by atoms with E-state index in [9.17, 15) is 8.42 Å². The van der Waals surface area contributed by atoms with Gasteiger partial charge in [0.05, 0.1) is 18.9 Å². The van der Waals surface area contributed by atoms with Crippen LogP contribution in [-0.4, -0.2) is 58.4 Å². The van der Waals surface area contributed by atoms with Gasteiger partial charge in [0.25, 0.3) is 0 Å². The standard InChI is InChI=1S/C19H29N3O3S.HI/c1-3-20-18(22-10-8-19(14-22)9-11-25-15-19)21-12-16-4-6-17(7-5-16)13-26(2,23)24;/h4-7H,3,8-15H2,1-2H3,(H,20,21);1H. The molecule has 0 aliphatic carbocycles. The third-order valence-electron chi connectivity index (χ3n) is 5.12. The van der Waals surface area contributed by atoms with E-state index in [4.69, 9.17) is 9.73 Å². The lowest BCUT2D eigenvalue weighted by atomic mass is 9.87. The van der Waals surface area contributed by atoms with Crippen molar-refractivity contribution < 1.29 is 13.2 Å². The Labute approximate surface area is 179 Å². The van der Waals surface area contributed by atoms with Crippen molar-refractivity contribution in [3.8, 4) is 0 Å². The number of hydrogen-bond acceptors (Lipinski definition) is 4. The molecule has 0 bridgehead atoms. The second-order valence-electron chi connectivity index (χ2n) is 7.53. The summed E-state index contributed by atoms with van der Waals surface area (Å²) in [5.41, 5.74) is 2.20. The third-order valence-corrected chi connectivity index (χ3v) is 5.98. The first-order valence-electron chi connectivity index (χ1n) is 9.26. The first-order chi connectivity index (χ1) is 12.4. The molecule has 2 heterocycles. The number of benzene rings is 1. The second-order valence-corrected chi connectivity index (χ2v) is 9.67. The minimum absolute atomic E-state index is 0. The maximum Gasteiger partial charge on any atom is 0.194 e. The van der Waals surface area contributed by atoms with Crippen LogP contribution in [0.15, 0.2) is 29.3 Å². The summed E-state index contributed by atoms with van der Waals surface area (Å²) in [4.78, 5) is 7.14. The Kier molecular flexibility index (Phi) is 7.94. The van der Waals surface area contributed by atoms with Gasteiger partial charge in [-0.1, -0.05) is 24.3 Å². The number of nitrogens with zero attached hydrogens (tertiary/aromatic N) is 2. The van der Waals surface area contributed by atoms with Gasteiger partial charge in [-0.2, -0.15) is 0 Å². The van der Waals surface area contributed by atoms with Crippen molar-refractivity contribution in [1.29, 1.82) is 0 Å². The van der Waals surface area contributed by atoms with Gasteiger partial charge >= 0.3 is 0 Å². The monoisotopic (exact) mass is 507 g/mol. The van der Waals surface area contributed by atoms with E-state index in [2.05, 4.69) is 17.1 Å². The minimum Gasteiger partial charge on any atom is -0.381 e. The first-order valence-corrected chi connectivity index (χ1v) is 11.3. The van der Waals surface area contributed by atoms with Gasteiger partial charge in [0.15, 0.2) is 15.8 Å². The van der Waals surface area contributed by atoms with Crippen LogP contribution in [0.3, 0.4) is 0 Å². The second kappa shape index (κ2) is 9.56. The van der Waals surface area contributed by atoms with E-state index in [1.54, 1.807) is 0 Å². The molecule has 0 amide bonds. The Morgan fingerprint density at radius 2 is 1.96 bits per heavy atom. The van der Waals surface area contributed by atoms with Gasteiger partial charge in [-0.25, -0.2) is 13.4 Å². The molecule has 2 aliphatic heterocycles. The number of nitrogens with one attached hydrogen (secondary N) is 1. The Morgan fingerprint density at radius 1 is 1.26 bits per heavy atom. The van der Waals surface area contributed by atoms with Crippen LogP contribution < -0.4 is 5.32 Å². The summed E-state index contributed by atoms with van der Waals surface area (Å²) in [5.74, 6) is 1.04.